The molecule has 0 saturated heterocycles. The van der Waals surface area contributed by atoms with Gasteiger partial charge in [-0.15, -0.1) is 0 Å². The lowest BCUT2D eigenvalue weighted by Gasteiger charge is -2.02. The maximum Gasteiger partial charge on any atom is 0.0729 e. The average molecular weight is 232 g/mol. The molecule has 1 N–H and O–H groups in total. The first-order chi connectivity index (χ1) is 8.38. The van der Waals surface area contributed by atoms with Crippen molar-refractivity contribution in [2.45, 2.75) is 13.1 Å². The monoisotopic (exact) mass is 232 g/mol. The summed E-state index contributed by atoms with van der Waals surface area (Å²) in [7, 11) is 1.69. The highest BCUT2D eigenvalue weighted by molar-refractivity contribution is 5.38. The van der Waals surface area contributed by atoms with Crippen molar-refractivity contribution >= 4 is 5.69 Å². The lowest BCUT2D eigenvalue weighted by atomic mass is 10.3. The molecule has 0 bridgehead atoms. The van der Waals surface area contributed by atoms with E-state index in [0.29, 0.717) is 6.61 Å². The van der Waals surface area contributed by atoms with Gasteiger partial charge < -0.3 is 10.1 Å². The van der Waals surface area contributed by atoms with Crippen molar-refractivity contribution in [3.8, 4) is 0 Å². The fourth-order valence-corrected chi connectivity index (χ4v) is 1.47. The molecule has 0 aromatic carbocycles. The van der Waals surface area contributed by atoms with E-state index < -0.39 is 0 Å². The van der Waals surface area contributed by atoms with Gasteiger partial charge in [-0.1, -0.05) is 0 Å². The van der Waals surface area contributed by atoms with E-state index in [1.165, 1.54) is 5.56 Å². The Labute approximate surface area is 100 Å². The highest BCUT2D eigenvalue weighted by Crippen LogP contribution is 2.07. The Morgan fingerprint density at radius 3 is 2.94 bits per heavy atom. The molecule has 0 saturated carbocycles. The van der Waals surface area contributed by atoms with E-state index in [2.05, 4.69) is 15.4 Å². The molecule has 5 heteroatoms. The molecule has 2 aromatic heterocycles. The summed E-state index contributed by atoms with van der Waals surface area (Å²) < 4.78 is 6.86. The Morgan fingerprint density at radius 1 is 1.35 bits per heavy atom. The Bertz CT molecular complexity index is 441. The lowest BCUT2D eigenvalue weighted by molar-refractivity contribution is 0.183. The molecule has 0 atom stereocenters. The van der Waals surface area contributed by atoms with Gasteiger partial charge in [0, 0.05) is 32.2 Å². The van der Waals surface area contributed by atoms with Crippen LogP contribution in [0.1, 0.15) is 5.56 Å². The van der Waals surface area contributed by atoms with Crippen molar-refractivity contribution in [1.29, 1.82) is 0 Å². The highest BCUT2D eigenvalue weighted by atomic mass is 16.5. The average Bonchev–Trinajstić information content (AvgIpc) is 2.83. The number of nitrogens with one attached hydrogen (secondary N) is 1. The van der Waals surface area contributed by atoms with Crippen molar-refractivity contribution in [3.63, 3.8) is 0 Å². The summed E-state index contributed by atoms with van der Waals surface area (Å²) in [5.41, 5.74) is 2.21. The van der Waals surface area contributed by atoms with Gasteiger partial charge in [0.2, 0.25) is 0 Å². The van der Waals surface area contributed by atoms with Crippen molar-refractivity contribution in [1.82, 2.24) is 14.8 Å². The summed E-state index contributed by atoms with van der Waals surface area (Å²) in [6.45, 7) is 2.22. The van der Waals surface area contributed by atoms with Crippen LogP contribution >= 0.6 is 0 Å². The van der Waals surface area contributed by atoms with Gasteiger partial charge in [0.15, 0.2) is 0 Å². The van der Waals surface area contributed by atoms with Crippen LogP contribution in [-0.2, 0) is 17.8 Å². The van der Waals surface area contributed by atoms with Crippen molar-refractivity contribution in [2.75, 3.05) is 19.0 Å². The molecule has 0 aliphatic carbocycles. The molecular weight excluding hydrogens is 216 g/mol. The zero-order valence-corrected chi connectivity index (χ0v) is 9.84. The van der Waals surface area contributed by atoms with E-state index >= 15 is 0 Å². The maximum absolute atomic E-state index is 5.00. The number of hydrogen-bond acceptors (Lipinski definition) is 4. The maximum atomic E-state index is 5.00. The van der Waals surface area contributed by atoms with E-state index in [4.69, 9.17) is 4.74 Å². The molecule has 0 unspecified atom stereocenters. The molecule has 2 heterocycles. The first kappa shape index (κ1) is 11.6. The summed E-state index contributed by atoms with van der Waals surface area (Å²) in [4.78, 5) is 3.98. The van der Waals surface area contributed by atoms with E-state index in [0.717, 1.165) is 18.8 Å². The van der Waals surface area contributed by atoms with Crippen LogP contribution in [0.3, 0.4) is 0 Å². The van der Waals surface area contributed by atoms with Crippen LogP contribution < -0.4 is 5.32 Å². The van der Waals surface area contributed by atoms with Crippen LogP contribution in [0.4, 0.5) is 5.69 Å². The van der Waals surface area contributed by atoms with Crippen LogP contribution in [0.25, 0.3) is 0 Å². The number of rotatable bonds is 6. The van der Waals surface area contributed by atoms with Gasteiger partial charge in [-0.25, -0.2) is 0 Å². The summed E-state index contributed by atoms with van der Waals surface area (Å²) in [5, 5.41) is 7.53. The predicted octanol–water partition coefficient (Wildman–Crippen LogP) is 1.54. The fourth-order valence-electron chi connectivity index (χ4n) is 1.47. The largest absolute Gasteiger partial charge is 0.383 e. The van der Waals surface area contributed by atoms with Crippen LogP contribution in [-0.4, -0.2) is 28.5 Å². The smallest absolute Gasteiger partial charge is 0.0729 e. The standard InChI is InChI=1S/C12H16N4O/c1-17-7-6-16-10-12(9-15-16)14-8-11-2-4-13-5-3-11/h2-5,9-10,14H,6-8H2,1H3. The predicted molar refractivity (Wildman–Crippen MR) is 65.7 cm³/mol. The van der Waals surface area contributed by atoms with Crippen LogP contribution in [0.15, 0.2) is 36.9 Å². The van der Waals surface area contributed by atoms with Crippen LogP contribution in [0, 0.1) is 0 Å². The van der Waals surface area contributed by atoms with E-state index in [-0.39, 0.29) is 0 Å². The second-order valence-corrected chi connectivity index (χ2v) is 3.69. The van der Waals surface area contributed by atoms with E-state index in [1.54, 1.807) is 19.5 Å². The van der Waals surface area contributed by atoms with Gasteiger partial charge in [0.25, 0.3) is 0 Å². The van der Waals surface area contributed by atoms with E-state index in [9.17, 15) is 0 Å². The Hall–Kier alpha value is -1.88. The topological polar surface area (TPSA) is 52.0 Å². The molecule has 2 rings (SSSR count). The third kappa shape index (κ3) is 3.57. The number of aromatic nitrogens is 3. The SMILES string of the molecule is COCCn1cc(NCc2ccncc2)cn1. The minimum atomic E-state index is 0.672. The number of nitrogens with zero attached hydrogens (tertiary/aromatic N) is 3. The lowest BCUT2D eigenvalue weighted by Crippen LogP contribution is -2.04. The van der Waals surface area contributed by atoms with Crippen LogP contribution in [0.2, 0.25) is 0 Å². The molecule has 5 nitrogen and oxygen atoms in total. The molecule has 0 fully saturated rings. The van der Waals surface area contributed by atoms with Crippen molar-refractivity contribution in [3.05, 3.63) is 42.5 Å². The Balaban J connectivity index is 1.85. The van der Waals surface area contributed by atoms with Crippen molar-refractivity contribution in [2.24, 2.45) is 0 Å². The quantitative estimate of drug-likeness (QED) is 0.820. The normalized spacial score (nSPS) is 10.4. The molecule has 0 amide bonds. The minimum Gasteiger partial charge on any atom is -0.383 e. The third-order valence-corrected chi connectivity index (χ3v) is 2.40. The number of anilines is 1. The molecule has 2 aromatic rings. The van der Waals surface area contributed by atoms with Gasteiger partial charge in [0.05, 0.1) is 25.0 Å². The molecule has 0 aliphatic heterocycles. The van der Waals surface area contributed by atoms with Gasteiger partial charge in [0.1, 0.15) is 0 Å². The molecule has 0 aliphatic rings. The van der Waals surface area contributed by atoms with Crippen LogP contribution in [0.5, 0.6) is 0 Å². The first-order valence-electron chi connectivity index (χ1n) is 5.52. The Morgan fingerprint density at radius 2 is 2.18 bits per heavy atom. The number of hydrogen-bond donors (Lipinski definition) is 1. The van der Waals surface area contributed by atoms with Gasteiger partial charge in [-0.2, -0.15) is 5.10 Å². The van der Waals surface area contributed by atoms with Gasteiger partial charge >= 0.3 is 0 Å². The molecular formula is C12H16N4O. The second-order valence-electron chi connectivity index (χ2n) is 3.69. The molecule has 17 heavy (non-hydrogen) atoms. The molecule has 0 spiro atoms. The summed E-state index contributed by atoms with van der Waals surface area (Å²) in [6, 6.07) is 3.98. The first-order valence-corrected chi connectivity index (χ1v) is 5.52. The van der Waals surface area contributed by atoms with E-state index in [1.807, 2.05) is 29.2 Å². The Kier molecular flexibility index (Phi) is 4.10. The number of pyridine rings is 1. The number of methoxy groups -OCH3 is 1. The zero-order valence-electron chi connectivity index (χ0n) is 9.84. The second kappa shape index (κ2) is 6.00. The summed E-state index contributed by atoms with van der Waals surface area (Å²) in [5.74, 6) is 0. The molecule has 0 radical (unpaired) electrons. The summed E-state index contributed by atoms with van der Waals surface area (Å²) >= 11 is 0. The van der Waals surface area contributed by atoms with Gasteiger partial charge in [-0.3, -0.25) is 9.67 Å². The number of ether oxygens (including phenoxy) is 1. The third-order valence-electron chi connectivity index (χ3n) is 2.40. The zero-order chi connectivity index (χ0) is 11.9. The molecule has 90 valence electrons. The van der Waals surface area contributed by atoms with Crippen molar-refractivity contribution < 1.29 is 4.74 Å². The fraction of sp³-hybridized carbons (Fsp3) is 0.333. The minimum absolute atomic E-state index is 0.672. The van der Waals surface area contributed by atoms with Gasteiger partial charge in [-0.05, 0) is 17.7 Å². The highest BCUT2D eigenvalue weighted by Gasteiger charge is 1.98. The summed E-state index contributed by atoms with van der Waals surface area (Å²) in [6.07, 6.45) is 7.37.